The summed E-state index contributed by atoms with van der Waals surface area (Å²) in [6, 6.07) is 0. The number of unbranched alkanes of at least 4 members (excludes halogenated alkanes) is 5. The van der Waals surface area contributed by atoms with Gasteiger partial charge in [-0.2, -0.15) is 0 Å². The van der Waals surface area contributed by atoms with Gasteiger partial charge in [0.05, 0.1) is 0 Å². The molecule has 1 atom stereocenters. The van der Waals surface area contributed by atoms with E-state index in [4.69, 9.17) is 5.73 Å². The molecule has 0 heterocycles. The van der Waals surface area contributed by atoms with Crippen molar-refractivity contribution < 1.29 is 0 Å². The largest absolute Gasteiger partial charge is 0.330 e. The molecular weight excluding hydrogens is 182 g/mol. The van der Waals surface area contributed by atoms with Crippen LogP contribution in [-0.2, 0) is 0 Å². The Kier molecular flexibility index (Phi) is 8.13. The molecule has 92 valence electrons. The van der Waals surface area contributed by atoms with E-state index in [1.54, 1.807) is 0 Å². The van der Waals surface area contributed by atoms with Crippen molar-refractivity contribution in [1.29, 1.82) is 0 Å². The second-order valence-corrected chi connectivity index (χ2v) is 5.53. The summed E-state index contributed by atoms with van der Waals surface area (Å²) in [6.45, 7) is 10.0. The van der Waals surface area contributed by atoms with Crippen LogP contribution in [0, 0.1) is 11.3 Å². The first-order valence-corrected chi connectivity index (χ1v) is 6.77. The normalized spacial score (nSPS) is 15.6. The maximum Gasteiger partial charge on any atom is -0.00207 e. The Morgan fingerprint density at radius 3 is 2.00 bits per heavy atom. The second kappa shape index (κ2) is 8.15. The smallest absolute Gasteiger partial charge is 0.00207 e. The van der Waals surface area contributed by atoms with Crippen LogP contribution in [0.2, 0.25) is 0 Å². The van der Waals surface area contributed by atoms with Crippen molar-refractivity contribution in [2.45, 2.75) is 72.6 Å². The minimum Gasteiger partial charge on any atom is -0.330 e. The first kappa shape index (κ1) is 15.0. The molecule has 0 radical (unpaired) electrons. The third-order valence-corrected chi connectivity index (χ3v) is 3.96. The van der Waals surface area contributed by atoms with E-state index >= 15 is 0 Å². The number of rotatable bonds is 9. The summed E-state index contributed by atoms with van der Waals surface area (Å²) >= 11 is 0. The Balaban J connectivity index is 3.55. The molecular formula is C14H31N. The predicted molar refractivity (Wildman–Crippen MR) is 70.0 cm³/mol. The molecule has 0 aliphatic heterocycles. The highest BCUT2D eigenvalue weighted by Gasteiger charge is 2.25. The van der Waals surface area contributed by atoms with Crippen LogP contribution >= 0.6 is 0 Å². The van der Waals surface area contributed by atoms with Gasteiger partial charge in [-0.3, -0.25) is 0 Å². The molecule has 2 N–H and O–H groups in total. The lowest BCUT2D eigenvalue weighted by Gasteiger charge is -2.32. The minimum atomic E-state index is 0.366. The zero-order valence-corrected chi connectivity index (χ0v) is 11.3. The van der Waals surface area contributed by atoms with Crippen molar-refractivity contribution in [2.75, 3.05) is 6.54 Å². The topological polar surface area (TPSA) is 26.0 Å². The van der Waals surface area contributed by atoms with E-state index in [9.17, 15) is 0 Å². The Hall–Kier alpha value is -0.0400. The zero-order chi connectivity index (χ0) is 11.7. The molecule has 0 aromatic rings. The fourth-order valence-corrected chi connectivity index (χ4v) is 1.94. The van der Waals surface area contributed by atoms with E-state index in [1.165, 1.54) is 44.9 Å². The predicted octanol–water partition coefficient (Wildman–Crippen LogP) is 4.36. The average molecular weight is 213 g/mol. The van der Waals surface area contributed by atoms with Crippen molar-refractivity contribution in [3.05, 3.63) is 0 Å². The third-order valence-electron chi connectivity index (χ3n) is 3.96. The van der Waals surface area contributed by atoms with Crippen molar-refractivity contribution in [1.82, 2.24) is 0 Å². The summed E-state index contributed by atoms with van der Waals surface area (Å²) in [4.78, 5) is 0. The molecule has 0 aromatic heterocycles. The minimum absolute atomic E-state index is 0.366. The summed E-state index contributed by atoms with van der Waals surface area (Å²) in [5.41, 5.74) is 6.24. The summed E-state index contributed by atoms with van der Waals surface area (Å²) < 4.78 is 0. The lowest BCUT2D eigenvalue weighted by Crippen LogP contribution is -2.32. The van der Waals surface area contributed by atoms with Gasteiger partial charge in [0.2, 0.25) is 0 Å². The number of nitrogens with two attached hydrogens (primary N) is 1. The third kappa shape index (κ3) is 6.19. The van der Waals surface area contributed by atoms with Crippen molar-refractivity contribution in [3.8, 4) is 0 Å². The molecule has 0 aliphatic rings. The SMILES string of the molecule is CCCCCCCCC(C)(CN)C(C)C. The van der Waals surface area contributed by atoms with Crippen LogP contribution in [0.1, 0.15) is 72.6 Å². The maximum absolute atomic E-state index is 5.87. The summed E-state index contributed by atoms with van der Waals surface area (Å²) in [5, 5.41) is 0. The highest BCUT2D eigenvalue weighted by molar-refractivity contribution is 4.78. The van der Waals surface area contributed by atoms with E-state index < -0.39 is 0 Å². The van der Waals surface area contributed by atoms with Gasteiger partial charge < -0.3 is 5.73 Å². The van der Waals surface area contributed by atoms with Gasteiger partial charge in [-0.25, -0.2) is 0 Å². The van der Waals surface area contributed by atoms with Gasteiger partial charge in [-0.05, 0) is 24.3 Å². The van der Waals surface area contributed by atoms with Gasteiger partial charge in [-0.15, -0.1) is 0 Å². The van der Waals surface area contributed by atoms with E-state index in [0.29, 0.717) is 11.3 Å². The molecule has 0 amide bonds. The molecule has 0 aliphatic carbocycles. The zero-order valence-electron chi connectivity index (χ0n) is 11.3. The van der Waals surface area contributed by atoms with Crippen LogP contribution in [0.5, 0.6) is 0 Å². The van der Waals surface area contributed by atoms with Crippen LogP contribution < -0.4 is 5.73 Å². The standard InChI is InChI=1S/C14H31N/c1-5-6-7-8-9-10-11-14(4,12-15)13(2)3/h13H,5-12,15H2,1-4H3. The van der Waals surface area contributed by atoms with E-state index in [2.05, 4.69) is 27.7 Å². The Morgan fingerprint density at radius 1 is 1.00 bits per heavy atom. The van der Waals surface area contributed by atoms with Gasteiger partial charge in [0.25, 0.3) is 0 Å². The second-order valence-electron chi connectivity index (χ2n) is 5.53. The molecule has 15 heavy (non-hydrogen) atoms. The number of hydrogen-bond donors (Lipinski definition) is 1. The molecule has 1 unspecified atom stereocenters. The Bertz CT molecular complexity index is 142. The van der Waals surface area contributed by atoms with E-state index in [1.807, 2.05) is 0 Å². The number of hydrogen-bond acceptors (Lipinski definition) is 1. The molecule has 0 spiro atoms. The monoisotopic (exact) mass is 213 g/mol. The molecule has 0 rings (SSSR count). The van der Waals surface area contributed by atoms with Crippen LogP contribution in [-0.4, -0.2) is 6.54 Å². The highest BCUT2D eigenvalue weighted by Crippen LogP contribution is 2.31. The fraction of sp³-hybridized carbons (Fsp3) is 1.00. The quantitative estimate of drug-likeness (QED) is 0.566. The highest BCUT2D eigenvalue weighted by atomic mass is 14.6. The lowest BCUT2D eigenvalue weighted by molar-refractivity contribution is 0.202. The van der Waals surface area contributed by atoms with Crippen LogP contribution in [0.25, 0.3) is 0 Å². The van der Waals surface area contributed by atoms with Crippen LogP contribution in [0.4, 0.5) is 0 Å². The Labute approximate surface area is 96.8 Å². The molecule has 1 heteroatoms. The van der Waals surface area contributed by atoms with Gasteiger partial charge in [-0.1, -0.05) is 66.2 Å². The summed E-state index contributed by atoms with van der Waals surface area (Å²) in [7, 11) is 0. The van der Waals surface area contributed by atoms with E-state index in [-0.39, 0.29) is 0 Å². The first-order valence-electron chi connectivity index (χ1n) is 6.77. The maximum atomic E-state index is 5.87. The lowest BCUT2D eigenvalue weighted by atomic mass is 9.75. The summed E-state index contributed by atoms with van der Waals surface area (Å²) in [5.74, 6) is 0.707. The van der Waals surface area contributed by atoms with Crippen molar-refractivity contribution in [3.63, 3.8) is 0 Å². The molecule has 0 fully saturated rings. The molecule has 0 saturated heterocycles. The molecule has 0 aromatic carbocycles. The Morgan fingerprint density at radius 2 is 1.53 bits per heavy atom. The van der Waals surface area contributed by atoms with Gasteiger partial charge in [0, 0.05) is 0 Å². The van der Waals surface area contributed by atoms with Crippen molar-refractivity contribution >= 4 is 0 Å². The van der Waals surface area contributed by atoms with E-state index in [0.717, 1.165) is 6.54 Å². The van der Waals surface area contributed by atoms with Crippen LogP contribution in [0.3, 0.4) is 0 Å². The first-order chi connectivity index (χ1) is 7.06. The molecule has 0 bridgehead atoms. The van der Waals surface area contributed by atoms with Gasteiger partial charge in [0.15, 0.2) is 0 Å². The fourth-order valence-electron chi connectivity index (χ4n) is 1.94. The van der Waals surface area contributed by atoms with Crippen molar-refractivity contribution in [2.24, 2.45) is 17.1 Å². The van der Waals surface area contributed by atoms with Gasteiger partial charge in [0.1, 0.15) is 0 Å². The average Bonchev–Trinajstić information content (AvgIpc) is 2.22. The molecule has 0 saturated carbocycles. The van der Waals surface area contributed by atoms with Crippen LogP contribution in [0.15, 0.2) is 0 Å². The van der Waals surface area contributed by atoms with Gasteiger partial charge >= 0.3 is 0 Å². The summed E-state index contributed by atoms with van der Waals surface area (Å²) in [6.07, 6.45) is 9.61. The molecule has 1 nitrogen and oxygen atoms in total.